The summed E-state index contributed by atoms with van der Waals surface area (Å²) in [4.78, 5) is 11.6. The van der Waals surface area contributed by atoms with Gasteiger partial charge in [0, 0.05) is 5.56 Å². The molecule has 1 aliphatic heterocycles. The summed E-state index contributed by atoms with van der Waals surface area (Å²) in [6.45, 7) is 0. The minimum atomic E-state index is -0.683. The maximum atomic E-state index is 11.6. The summed E-state index contributed by atoms with van der Waals surface area (Å²) in [5.74, 6) is 1.01. The number of methoxy groups -OCH3 is 1. The van der Waals surface area contributed by atoms with Crippen LogP contribution in [0.2, 0.25) is 0 Å². The second-order valence-corrected chi connectivity index (χ2v) is 4.12. The number of cyclic esters (lactones) is 1. The molecule has 0 amide bonds. The second kappa shape index (κ2) is 4.65. The molecule has 1 unspecified atom stereocenters. The molecule has 0 radical (unpaired) electrons. The zero-order chi connectivity index (χ0) is 13.2. The molecule has 2 aromatic carbocycles. The molecule has 4 heteroatoms. The highest BCUT2D eigenvalue weighted by Gasteiger charge is 2.31. The van der Waals surface area contributed by atoms with E-state index in [0.717, 1.165) is 11.3 Å². The van der Waals surface area contributed by atoms with Gasteiger partial charge in [0.15, 0.2) is 0 Å². The normalized spacial score (nSPS) is 16.7. The standard InChI is InChI=1S/C15H12O4/c1-17-10-6-8-11(9-7-10)18-15-13-5-3-2-4-12(13)14(16)19-15/h2-9,15H,1H3. The van der Waals surface area contributed by atoms with Gasteiger partial charge in [-0.15, -0.1) is 0 Å². The first kappa shape index (κ1) is 11.6. The van der Waals surface area contributed by atoms with Crippen molar-refractivity contribution in [2.24, 2.45) is 0 Å². The summed E-state index contributed by atoms with van der Waals surface area (Å²) in [6.07, 6.45) is -0.683. The Kier molecular flexibility index (Phi) is 2.83. The minimum Gasteiger partial charge on any atom is -0.497 e. The molecule has 0 fully saturated rings. The third kappa shape index (κ3) is 2.12. The van der Waals surface area contributed by atoms with Crippen LogP contribution < -0.4 is 9.47 Å². The van der Waals surface area contributed by atoms with Gasteiger partial charge < -0.3 is 14.2 Å². The summed E-state index contributed by atoms with van der Waals surface area (Å²) in [5, 5.41) is 0. The van der Waals surface area contributed by atoms with Crippen molar-refractivity contribution < 1.29 is 19.0 Å². The number of carbonyl (C=O) groups is 1. The lowest BCUT2D eigenvalue weighted by Gasteiger charge is -2.13. The molecule has 19 heavy (non-hydrogen) atoms. The number of ether oxygens (including phenoxy) is 3. The van der Waals surface area contributed by atoms with Gasteiger partial charge in [-0.1, -0.05) is 18.2 Å². The van der Waals surface area contributed by atoms with Crippen molar-refractivity contribution in [2.75, 3.05) is 7.11 Å². The highest BCUT2D eigenvalue weighted by Crippen LogP contribution is 2.32. The Morgan fingerprint density at radius 3 is 2.42 bits per heavy atom. The van der Waals surface area contributed by atoms with Crippen molar-refractivity contribution in [2.45, 2.75) is 6.29 Å². The molecule has 0 aliphatic carbocycles. The van der Waals surface area contributed by atoms with Crippen LogP contribution in [0.15, 0.2) is 48.5 Å². The molecular formula is C15H12O4. The van der Waals surface area contributed by atoms with E-state index in [-0.39, 0.29) is 5.97 Å². The van der Waals surface area contributed by atoms with E-state index in [2.05, 4.69) is 0 Å². The van der Waals surface area contributed by atoms with Crippen molar-refractivity contribution in [3.8, 4) is 11.5 Å². The summed E-state index contributed by atoms with van der Waals surface area (Å²) in [6, 6.07) is 14.3. The second-order valence-electron chi connectivity index (χ2n) is 4.12. The van der Waals surface area contributed by atoms with Gasteiger partial charge in [0.1, 0.15) is 11.5 Å². The first-order valence-corrected chi connectivity index (χ1v) is 5.88. The van der Waals surface area contributed by atoms with Crippen molar-refractivity contribution in [1.29, 1.82) is 0 Å². The highest BCUT2D eigenvalue weighted by molar-refractivity contribution is 5.93. The van der Waals surface area contributed by atoms with Gasteiger partial charge in [-0.05, 0) is 30.3 Å². The lowest BCUT2D eigenvalue weighted by Crippen LogP contribution is -2.06. The number of benzene rings is 2. The molecule has 0 saturated carbocycles. The van der Waals surface area contributed by atoms with Gasteiger partial charge in [-0.2, -0.15) is 0 Å². The van der Waals surface area contributed by atoms with E-state index in [1.807, 2.05) is 12.1 Å². The number of esters is 1. The summed E-state index contributed by atoms with van der Waals surface area (Å²) in [5.41, 5.74) is 1.31. The molecule has 0 aromatic heterocycles. The Balaban J connectivity index is 1.83. The number of carbonyl (C=O) groups excluding carboxylic acids is 1. The topological polar surface area (TPSA) is 44.8 Å². The fourth-order valence-electron chi connectivity index (χ4n) is 1.98. The van der Waals surface area contributed by atoms with Crippen molar-refractivity contribution >= 4 is 5.97 Å². The van der Waals surface area contributed by atoms with Crippen LogP contribution in [0.5, 0.6) is 11.5 Å². The molecule has 0 N–H and O–H groups in total. The van der Waals surface area contributed by atoms with Crippen LogP contribution in [0.3, 0.4) is 0 Å². The molecular weight excluding hydrogens is 244 g/mol. The molecule has 1 atom stereocenters. The van der Waals surface area contributed by atoms with Gasteiger partial charge in [-0.3, -0.25) is 0 Å². The zero-order valence-electron chi connectivity index (χ0n) is 10.3. The van der Waals surface area contributed by atoms with Crippen LogP contribution in [0, 0.1) is 0 Å². The predicted octanol–water partition coefficient (Wildman–Crippen LogP) is 2.94. The third-order valence-corrected chi connectivity index (χ3v) is 2.95. The number of fused-ring (bicyclic) bond motifs is 1. The first-order chi connectivity index (χ1) is 9.28. The average molecular weight is 256 g/mol. The fourth-order valence-corrected chi connectivity index (χ4v) is 1.98. The van der Waals surface area contributed by atoms with Crippen LogP contribution in [-0.2, 0) is 4.74 Å². The monoisotopic (exact) mass is 256 g/mol. The predicted molar refractivity (Wildman–Crippen MR) is 68.2 cm³/mol. The Labute approximate surface area is 110 Å². The Bertz CT molecular complexity index is 604. The van der Waals surface area contributed by atoms with Crippen molar-refractivity contribution in [1.82, 2.24) is 0 Å². The zero-order valence-corrected chi connectivity index (χ0v) is 10.3. The Hall–Kier alpha value is -2.49. The van der Waals surface area contributed by atoms with Gasteiger partial charge >= 0.3 is 5.97 Å². The molecule has 0 saturated heterocycles. The molecule has 2 aromatic rings. The molecule has 1 heterocycles. The quantitative estimate of drug-likeness (QED) is 0.792. The number of hydrogen-bond donors (Lipinski definition) is 0. The van der Waals surface area contributed by atoms with E-state index in [4.69, 9.17) is 14.2 Å². The van der Waals surface area contributed by atoms with Gasteiger partial charge in [0.2, 0.25) is 0 Å². The number of hydrogen-bond acceptors (Lipinski definition) is 4. The third-order valence-electron chi connectivity index (χ3n) is 2.95. The van der Waals surface area contributed by atoms with E-state index in [9.17, 15) is 4.79 Å². The average Bonchev–Trinajstić information content (AvgIpc) is 2.77. The van der Waals surface area contributed by atoms with Gasteiger partial charge in [0.25, 0.3) is 6.29 Å². The molecule has 0 bridgehead atoms. The minimum absolute atomic E-state index is 0.353. The molecule has 0 spiro atoms. The lowest BCUT2D eigenvalue weighted by molar-refractivity contribution is -0.0382. The smallest absolute Gasteiger partial charge is 0.342 e. The van der Waals surface area contributed by atoms with Crippen LogP contribution in [0.4, 0.5) is 0 Å². The fraction of sp³-hybridized carbons (Fsp3) is 0.133. The van der Waals surface area contributed by atoms with Crippen LogP contribution >= 0.6 is 0 Å². The summed E-state index contributed by atoms with van der Waals surface area (Å²) < 4.78 is 15.9. The Morgan fingerprint density at radius 2 is 1.68 bits per heavy atom. The first-order valence-electron chi connectivity index (χ1n) is 5.88. The van der Waals surface area contributed by atoms with E-state index < -0.39 is 6.29 Å². The van der Waals surface area contributed by atoms with E-state index in [0.29, 0.717) is 11.3 Å². The van der Waals surface area contributed by atoms with E-state index in [1.54, 1.807) is 43.5 Å². The van der Waals surface area contributed by atoms with Crippen molar-refractivity contribution in [3.05, 3.63) is 59.7 Å². The van der Waals surface area contributed by atoms with E-state index in [1.165, 1.54) is 0 Å². The lowest BCUT2D eigenvalue weighted by atomic mass is 10.1. The number of rotatable bonds is 3. The summed E-state index contributed by atoms with van der Waals surface area (Å²) >= 11 is 0. The largest absolute Gasteiger partial charge is 0.497 e. The SMILES string of the molecule is COc1ccc(OC2OC(=O)c3ccccc32)cc1. The summed E-state index contributed by atoms with van der Waals surface area (Å²) in [7, 11) is 1.60. The van der Waals surface area contributed by atoms with E-state index >= 15 is 0 Å². The van der Waals surface area contributed by atoms with Crippen LogP contribution in [0.1, 0.15) is 22.2 Å². The van der Waals surface area contributed by atoms with Crippen LogP contribution in [-0.4, -0.2) is 13.1 Å². The molecule has 1 aliphatic rings. The maximum absolute atomic E-state index is 11.6. The molecule has 3 rings (SSSR count). The highest BCUT2D eigenvalue weighted by atomic mass is 16.7. The van der Waals surface area contributed by atoms with Crippen molar-refractivity contribution in [3.63, 3.8) is 0 Å². The van der Waals surface area contributed by atoms with Crippen LogP contribution in [0.25, 0.3) is 0 Å². The Morgan fingerprint density at radius 1 is 1.00 bits per heavy atom. The van der Waals surface area contributed by atoms with Gasteiger partial charge in [-0.25, -0.2) is 4.79 Å². The molecule has 96 valence electrons. The molecule has 4 nitrogen and oxygen atoms in total. The maximum Gasteiger partial charge on any atom is 0.342 e. The van der Waals surface area contributed by atoms with Gasteiger partial charge in [0.05, 0.1) is 12.7 Å².